The third kappa shape index (κ3) is 4.34. The number of carbonyl (C=O) groups excluding carboxylic acids is 2. The highest BCUT2D eigenvalue weighted by molar-refractivity contribution is 5.97. The van der Waals surface area contributed by atoms with Crippen molar-refractivity contribution in [1.29, 1.82) is 0 Å². The standard InChI is InChI=1S/C13H13F3O4/c1-2-20-12(19)9-5-3-8(4-6-9)10(17)7-11(18)13(14,15)16/h3-6,11,18H,2,7H2,1H3. The van der Waals surface area contributed by atoms with Crippen molar-refractivity contribution in [1.82, 2.24) is 0 Å². The van der Waals surface area contributed by atoms with Crippen LogP contribution in [0.4, 0.5) is 13.2 Å². The lowest BCUT2D eigenvalue weighted by atomic mass is 10.0. The minimum atomic E-state index is -4.83. The van der Waals surface area contributed by atoms with E-state index in [1.54, 1.807) is 6.92 Å². The van der Waals surface area contributed by atoms with Crippen LogP contribution in [0.1, 0.15) is 34.1 Å². The Hall–Kier alpha value is -1.89. The van der Waals surface area contributed by atoms with Gasteiger partial charge in [0.2, 0.25) is 0 Å². The predicted octanol–water partition coefficient (Wildman–Crippen LogP) is 2.36. The molecule has 1 aromatic carbocycles. The lowest BCUT2D eigenvalue weighted by molar-refractivity contribution is -0.202. The van der Waals surface area contributed by atoms with Crippen LogP contribution in [0, 0.1) is 0 Å². The second-order valence-corrected chi connectivity index (χ2v) is 3.98. The quantitative estimate of drug-likeness (QED) is 0.668. The van der Waals surface area contributed by atoms with Crippen molar-refractivity contribution in [2.75, 3.05) is 6.61 Å². The molecule has 0 spiro atoms. The van der Waals surface area contributed by atoms with Gasteiger partial charge in [0.25, 0.3) is 0 Å². The number of halogens is 3. The van der Waals surface area contributed by atoms with Gasteiger partial charge in [-0.3, -0.25) is 4.79 Å². The summed E-state index contributed by atoms with van der Waals surface area (Å²) in [6.45, 7) is 1.83. The van der Waals surface area contributed by atoms with Crippen molar-refractivity contribution in [2.24, 2.45) is 0 Å². The Balaban J connectivity index is 2.74. The van der Waals surface area contributed by atoms with Gasteiger partial charge in [0.1, 0.15) is 0 Å². The minimum Gasteiger partial charge on any atom is -0.462 e. The van der Waals surface area contributed by atoms with Crippen molar-refractivity contribution >= 4 is 11.8 Å². The molecule has 0 saturated carbocycles. The monoisotopic (exact) mass is 290 g/mol. The first-order valence-electron chi connectivity index (χ1n) is 5.81. The largest absolute Gasteiger partial charge is 0.462 e. The molecular formula is C13H13F3O4. The van der Waals surface area contributed by atoms with Crippen LogP contribution >= 0.6 is 0 Å². The van der Waals surface area contributed by atoms with Crippen LogP contribution in [-0.2, 0) is 4.74 Å². The Labute approximate surface area is 113 Å². The molecule has 0 heterocycles. The van der Waals surface area contributed by atoms with Gasteiger partial charge in [0.05, 0.1) is 12.2 Å². The predicted molar refractivity (Wildman–Crippen MR) is 63.4 cm³/mol. The number of rotatable bonds is 5. The molecule has 20 heavy (non-hydrogen) atoms. The zero-order chi connectivity index (χ0) is 15.3. The van der Waals surface area contributed by atoms with Crippen LogP contribution in [0.2, 0.25) is 0 Å². The fourth-order valence-corrected chi connectivity index (χ4v) is 1.42. The summed E-state index contributed by atoms with van der Waals surface area (Å²) in [5, 5.41) is 8.81. The Morgan fingerprint density at radius 1 is 1.20 bits per heavy atom. The minimum absolute atomic E-state index is 0.0126. The number of carbonyl (C=O) groups is 2. The van der Waals surface area contributed by atoms with Gasteiger partial charge in [0.15, 0.2) is 11.9 Å². The van der Waals surface area contributed by atoms with E-state index < -0.39 is 30.5 Å². The summed E-state index contributed by atoms with van der Waals surface area (Å²) < 4.78 is 41.1. The molecule has 0 saturated heterocycles. The van der Waals surface area contributed by atoms with Gasteiger partial charge < -0.3 is 9.84 Å². The second kappa shape index (κ2) is 6.51. The fraction of sp³-hybridized carbons (Fsp3) is 0.385. The van der Waals surface area contributed by atoms with E-state index in [-0.39, 0.29) is 17.7 Å². The summed E-state index contributed by atoms with van der Waals surface area (Å²) in [4.78, 5) is 22.9. The van der Waals surface area contributed by atoms with E-state index >= 15 is 0 Å². The molecule has 110 valence electrons. The zero-order valence-corrected chi connectivity index (χ0v) is 10.6. The van der Waals surface area contributed by atoms with E-state index in [2.05, 4.69) is 0 Å². The van der Waals surface area contributed by atoms with E-state index in [1.165, 1.54) is 24.3 Å². The van der Waals surface area contributed by atoms with E-state index in [0.29, 0.717) is 0 Å². The molecule has 0 aliphatic heterocycles. The third-order valence-corrected chi connectivity index (χ3v) is 2.47. The number of aliphatic hydroxyl groups excluding tert-OH is 1. The zero-order valence-electron chi connectivity index (χ0n) is 10.6. The summed E-state index contributed by atoms with van der Waals surface area (Å²) in [5.41, 5.74) is 0.182. The van der Waals surface area contributed by atoms with Gasteiger partial charge in [-0.2, -0.15) is 13.2 Å². The molecule has 0 aromatic heterocycles. The van der Waals surface area contributed by atoms with Crippen LogP contribution in [0.5, 0.6) is 0 Å². The smallest absolute Gasteiger partial charge is 0.414 e. The molecule has 7 heteroatoms. The van der Waals surface area contributed by atoms with Crippen LogP contribution in [0.3, 0.4) is 0 Å². The Bertz CT molecular complexity index is 479. The van der Waals surface area contributed by atoms with Crippen molar-refractivity contribution in [3.05, 3.63) is 35.4 Å². The number of aliphatic hydroxyl groups is 1. The molecule has 1 aromatic rings. The number of hydrogen-bond acceptors (Lipinski definition) is 4. The Morgan fingerprint density at radius 2 is 1.70 bits per heavy atom. The fourth-order valence-electron chi connectivity index (χ4n) is 1.42. The molecule has 1 rings (SSSR count). The van der Waals surface area contributed by atoms with E-state index in [9.17, 15) is 22.8 Å². The number of ketones is 1. The van der Waals surface area contributed by atoms with Gasteiger partial charge in [0, 0.05) is 12.0 Å². The maximum absolute atomic E-state index is 12.1. The van der Waals surface area contributed by atoms with Crippen LogP contribution in [0.25, 0.3) is 0 Å². The molecule has 1 unspecified atom stereocenters. The molecule has 1 N–H and O–H groups in total. The summed E-state index contributed by atoms with van der Waals surface area (Å²) in [6.07, 6.45) is -8.58. The molecule has 0 aliphatic carbocycles. The number of ether oxygens (including phenoxy) is 1. The van der Waals surface area contributed by atoms with Gasteiger partial charge >= 0.3 is 12.1 Å². The van der Waals surface area contributed by atoms with Crippen LogP contribution in [0.15, 0.2) is 24.3 Å². The molecule has 0 fully saturated rings. The topological polar surface area (TPSA) is 63.6 Å². The Morgan fingerprint density at radius 3 is 2.15 bits per heavy atom. The maximum Gasteiger partial charge on any atom is 0.414 e. The summed E-state index contributed by atoms with van der Waals surface area (Å²) >= 11 is 0. The SMILES string of the molecule is CCOC(=O)c1ccc(C(=O)CC(O)C(F)(F)F)cc1. The highest BCUT2D eigenvalue weighted by atomic mass is 19.4. The number of esters is 1. The van der Waals surface area contributed by atoms with E-state index in [1.807, 2.05) is 0 Å². The maximum atomic E-state index is 12.1. The van der Waals surface area contributed by atoms with Crippen molar-refractivity contribution < 1.29 is 32.6 Å². The lowest BCUT2D eigenvalue weighted by Gasteiger charge is -2.13. The number of Topliss-reactive ketones (excluding diaryl/α,β-unsaturated/α-hetero) is 1. The number of benzene rings is 1. The average Bonchev–Trinajstić information content (AvgIpc) is 2.38. The summed E-state index contributed by atoms with van der Waals surface area (Å²) in [6, 6.07) is 5.01. The summed E-state index contributed by atoms with van der Waals surface area (Å²) in [7, 11) is 0. The van der Waals surface area contributed by atoms with Crippen molar-refractivity contribution in [2.45, 2.75) is 25.6 Å². The van der Waals surface area contributed by atoms with Crippen LogP contribution < -0.4 is 0 Å². The van der Waals surface area contributed by atoms with Gasteiger partial charge in [-0.05, 0) is 19.1 Å². The third-order valence-electron chi connectivity index (χ3n) is 2.47. The van der Waals surface area contributed by atoms with Crippen LogP contribution in [-0.4, -0.2) is 35.7 Å². The molecule has 0 amide bonds. The lowest BCUT2D eigenvalue weighted by Crippen LogP contribution is -2.30. The van der Waals surface area contributed by atoms with Gasteiger partial charge in [-0.1, -0.05) is 12.1 Å². The first-order valence-corrected chi connectivity index (χ1v) is 5.81. The molecule has 0 bridgehead atoms. The second-order valence-electron chi connectivity index (χ2n) is 3.98. The highest BCUT2D eigenvalue weighted by Crippen LogP contribution is 2.23. The molecule has 4 nitrogen and oxygen atoms in total. The summed E-state index contributed by atoms with van der Waals surface area (Å²) in [5.74, 6) is -1.44. The Kier molecular flexibility index (Phi) is 5.26. The number of hydrogen-bond donors (Lipinski definition) is 1. The first kappa shape index (κ1) is 16.2. The number of alkyl halides is 3. The normalized spacial score (nSPS) is 12.8. The molecular weight excluding hydrogens is 277 g/mol. The molecule has 0 aliphatic rings. The van der Waals surface area contributed by atoms with Gasteiger partial charge in [-0.15, -0.1) is 0 Å². The highest BCUT2D eigenvalue weighted by Gasteiger charge is 2.39. The van der Waals surface area contributed by atoms with Crippen molar-refractivity contribution in [3.8, 4) is 0 Å². The molecule has 0 radical (unpaired) electrons. The molecule has 1 atom stereocenters. The van der Waals surface area contributed by atoms with E-state index in [0.717, 1.165) is 0 Å². The van der Waals surface area contributed by atoms with Gasteiger partial charge in [-0.25, -0.2) is 4.79 Å². The van der Waals surface area contributed by atoms with Crippen molar-refractivity contribution in [3.63, 3.8) is 0 Å². The average molecular weight is 290 g/mol. The van der Waals surface area contributed by atoms with E-state index in [4.69, 9.17) is 9.84 Å². The first-order chi connectivity index (χ1) is 9.25.